The Bertz CT molecular complexity index is 655. The molecule has 1 aromatic rings. The number of methoxy groups -OCH3 is 1. The Balaban J connectivity index is 0.00000450. The molecule has 0 aromatic heterocycles. The van der Waals surface area contributed by atoms with Gasteiger partial charge in [0.05, 0.1) is 19.6 Å². The summed E-state index contributed by atoms with van der Waals surface area (Å²) in [7, 11) is 1.67. The second-order valence-corrected chi connectivity index (χ2v) is 7.31. The monoisotopic (exact) mass is 552 g/mol. The fourth-order valence-corrected chi connectivity index (χ4v) is 3.34. The van der Waals surface area contributed by atoms with Crippen molar-refractivity contribution in [1.82, 2.24) is 15.1 Å². The van der Waals surface area contributed by atoms with E-state index >= 15 is 0 Å². The van der Waals surface area contributed by atoms with Crippen LogP contribution in [0, 0.1) is 0 Å². The average molecular weight is 553 g/mol. The molecular weight excluding hydrogens is 519 g/mol. The van der Waals surface area contributed by atoms with Gasteiger partial charge in [-0.1, -0.05) is 23.7 Å². The van der Waals surface area contributed by atoms with Crippen LogP contribution in [-0.4, -0.2) is 87.9 Å². The van der Waals surface area contributed by atoms with Crippen molar-refractivity contribution in [1.29, 1.82) is 0 Å². The van der Waals surface area contributed by atoms with E-state index in [2.05, 4.69) is 17.1 Å². The van der Waals surface area contributed by atoms with Crippen LogP contribution in [0.15, 0.2) is 29.3 Å². The molecule has 9 heteroatoms. The van der Waals surface area contributed by atoms with Gasteiger partial charge in [0.25, 0.3) is 0 Å². The maximum atomic E-state index is 12.6. The molecule has 1 aliphatic heterocycles. The van der Waals surface area contributed by atoms with E-state index in [1.165, 1.54) is 0 Å². The van der Waals surface area contributed by atoms with Crippen molar-refractivity contribution in [2.45, 2.75) is 19.8 Å². The number of guanidine groups is 1. The Kier molecular flexibility index (Phi) is 14.1. The average Bonchev–Trinajstić information content (AvgIpc) is 2.72. The number of hydrogen-bond donors (Lipinski definition) is 1. The maximum absolute atomic E-state index is 12.6. The minimum Gasteiger partial charge on any atom is -0.382 e. The highest BCUT2D eigenvalue weighted by molar-refractivity contribution is 14.0. The van der Waals surface area contributed by atoms with Gasteiger partial charge in [-0.15, -0.1) is 24.0 Å². The lowest BCUT2D eigenvalue weighted by Crippen LogP contribution is -2.54. The molecule has 1 aliphatic rings. The number of carbonyl (C=O) groups is 1. The molecule has 0 saturated carbocycles. The number of carbonyl (C=O) groups excluding carboxylic acids is 1. The van der Waals surface area contributed by atoms with Crippen molar-refractivity contribution in [3.8, 4) is 0 Å². The number of ether oxygens (including phenoxy) is 2. The lowest BCUT2D eigenvalue weighted by atomic mass is 10.1. The minimum atomic E-state index is 0. The van der Waals surface area contributed by atoms with Gasteiger partial charge in [0.2, 0.25) is 5.91 Å². The highest BCUT2D eigenvalue weighted by Gasteiger charge is 2.23. The van der Waals surface area contributed by atoms with Gasteiger partial charge in [-0.25, -0.2) is 0 Å². The normalized spacial score (nSPS) is 14.4. The smallest absolute Gasteiger partial charge is 0.227 e. The van der Waals surface area contributed by atoms with Crippen LogP contribution in [0.1, 0.15) is 18.9 Å². The molecule has 0 bridgehead atoms. The highest BCUT2D eigenvalue weighted by atomic mass is 127. The molecule has 1 N–H and O–H groups in total. The van der Waals surface area contributed by atoms with E-state index in [0.29, 0.717) is 50.9 Å². The van der Waals surface area contributed by atoms with Gasteiger partial charge < -0.3 is 24.6 Å². The molecular formula is C21H34ClIN4O3. The van der Waals surface area contributed by atoms with E-state index in [0.717, 1.165) is 37.6 Å². The number of hydrogen-bond acceptors (Lipinski definition) is 4. The third-order valence-corrected chi connectivity index (χ3v) is 4.89. The molecule has 0 aliphatic carbocycles. The number of nitrogens with zero attached hydrogens (tertiary/aromatic N) is 3. The number of halogens is 2. The fourth-order valence-electron chi connectivity index (χ4n) is 3.12. The first kappa shape index (κ1) is 26.9. The summed E-state index contributed by atoms with van der Waals surface area (Å²) < 4.78 is 10.4. The molecule has 0 radical (unpaired) electrons. The number of aliphatic imine (C=N–C) groups is 1. The van der Waals surface area contributed by atoms with Crippen LogP contribution in [0.2, 0.25) is 5.02 Å². The van der Waals surface area contributed by atoms with Crippen molar-refractivity contribution in [2.75, 3.05) is 66.2 Å². The van der Waals surface area contributed by atoms with Crippen LogP contribution in [-0.2, 0) is 20.7 Å². The van der Waals surface area contributed by atoms with E-state index in [-0.39, 0.29) is 29.9 Å². The Morgan fingerprint density at radius 2 is 1.90 bits per heavy atom. The van der Waals surface area contributed by atoms with Gasteiger partial charge in [-0.2, -0.15) is 0 Å². The second kappa shape index (κ2) is 15.7. The van der Waals surface area contributed by atoms with E-state index in [1.807, 2.05) is 29.2 Å². The van der Waals surface area contributed by atoms with Crippen molar-refractivity contribution in [3.05, 3.63) is 34.9 Å². The Morgan fingerprint density at radius 3 is 2.57 bits per heavy atom. The summed E-state index contributed by atoms with van der Waals surface area (Å²) in [6.07, 6.45) is 1.26. The molecule has 1 heterocycles. The Labute approximate surface area is 202 Å². The van der Waals surface area contributed by atoms with Gasteiger partial charge in [0, 0.05) is 58.0 Å². The number of piperazine rings is 1. The van der Waals surface area contributed by atoms with Gasteiger partial charge in [-0.3, -0.25) is 9.79 Å². The summed E-state index contributed by atoms with van der Waals surface area (Å²) in [6.45, 7) is 8.45. The van der Waals surface area contributed by atoms with Gasteiger partial charge in [0.15, 0.2) is 5.96 Å². The predicted molar refractivity (Wildman–Crippen MR) is 132 cm³/mol. The third kappa shape index (κ3) is 9.80. The van der Waals surface area contributed by atoms with Crippen molar-refractivity contribution >= 4 is 47.4 Å². The summed E-state index contributed by atoms with van der Waals surface area (Å²) in [5.74, 6) is 1.05. The molecule has 30 heavy (non-hydrogen) atoms. The number of rotatable bonds is 10. The Morgan fingerprint density at radius 1 is 1.17 bits per heavy atom. The summed E-state index contributed by atoms with van der Waals surface area (Å²) in [4.78, 5) is 21.4. The second-order valence-electron chi connectivity index (χ2n) is 6.87. The van der Waals surface area contributed by atoms with Crippen molar-refractivity contribution in [2.24, 2.45) is 4.99 Å². The van der Waals surface area contributed by atoms with Crippen molar-refractivity contribution < 1.29 is 14.3 Å². The number of amides is 1. The standard InChI is InChI=1S/C21H33ClN4O3.HI/c1-3-23-21(24-8-5-13-29-15-14-28-2)26-11-9-25(10-12-26)20(27)17-18-6-4-7-19(22)16-18;/h4,6-7,16H,3,5,8-15,17H2,1-2H3,(H,23,24);1H. The summed E-state index contributed by atoms with van der Waals surface area (Å²) in [5.41, 5.74) is 0.951. The van der Waals surface area contributed by atoms with Crippen LogP contribution in [0.25, 0.3) is 0 Å². The highest BCUT2D eigenvalue weighted by Crippen LogP contribution is 2.13. The first-order chi connectivity index (χ1) is 14.1. The van der Waals surface area contributed by atoms with Gasteiger partial charge in [-0.05, 0) is 31.0 Å². The van der Waals surface area contributed by atoms with Crippen LogP contribution >= 0.6 is 35.6 Å². The zero-order valence-corrected chi connectivity index (χ0v) is 21.0. The Hall–Kier alpha value is -1.10. The zero-order chi connectivity index (χ0) is 20.9. The molecule has 1 amide bonds. The van der Waals surface area contributed by atoms with Crippen LogP contribution in [0.4, 0.5) is 0 Å². The van der Waals surface area contributed by atoms with Gasteiger partial charge >= 0.3 is 0 Å². The maximum Gasteiger partial charge on any atom is 0.227 e. The first-order valence-corrected chi connectivity index (χ1v) is 10.6. The third-order valence-electron chi connectivity index (χ3n) is 4.65. The molecule has 0 atom stereocenters. The van der Waals surface area contributed by atoms with E-state index in [9.17, 15) is 4.79 Å². The van der Waals surface area contributed by atoms with Crippen LogP contribution in [0.5, 0.6) is 0 Å². The molecule has 0 unspecified atom stereocenters. The summed E-state index contributed by atoms with van der Waals surface area (Å²) in [6, 6.07) is 7.49. The molecule has 2 rings (SSSR count). The van der Waals surface area contributed by atoms with Crippen LogP contribution < -0.4 is 5.32 Å². The lowest BCUT2D eigenvalue weighted by Gasteiger charge is -2.36. The molecule has 1 saturated heterocycles. The molecule has 170 valence electrons. The quantitative estimate of drug-likeness (QED) is 0.209. The zero-order valence-electron chi connectivity index (χ0n) is 17.9. The van der Waals surface area contributed by atoms with Crippen molar-refractivity contribution in [3.63, 3.8) is 0 Å². The number of nitrogens with one attached hydrogen (secondary N) is 1. The molecule has 0 spiro atoms. The predicted octanol–water partition coefficient (Wildman–Crippen LogP) is 2.66. The first-order valence-electron chi connectivity index (χ1n) is 10.3. The summed E-state index contributed by atoms with van der Waals surface area (Å²) in [5, 5.41) is 4.01. The SMILES string of the molecule is CCNC(=NCCCOCCOC)N1CCN(C(=O)Cc2cccc(Cl)c2)CC1.I. The topological polar surface area (TPSA) is 66.4 Å². The van der Waals surface area contributed by atoms with E-state index in [4.69, 9.17) is 26.1 Å². The fraction of sp³-hybridized carbons (Fsp3) is 0.619. The van der Waals surface area contributed by atoms with E-state index in [1.54, 1.807) is 7.11 Å². The lowest BCUT2D eigenvalue weighted by molar-refractivity contribution is -0.131. The summed E-state index contributed by atoms with van der Waals surface area (Å²) >= 11 is 6.02. The molecule has 1 aromatic carbocycles. The largest absolute Gasteiger partial charge is 0.382 e. The van der Waals surface area contributed by atoms with Gasteiger partial charge in [0.1, 0.15) is 0 Å². The number of benzene rings is 1. The molecule has 7 nitrogen and oxygen atoms in total. The minimum absolute atomic E-state index is 0. The van der Waals surface area contributed by atoms with E-state index < -0.39 is 0 Å². The van der Waals surface area contributed by atoms with Crippen LogP contribution in [0.3, 0.4) is 0 Å². The molecule has 1 fully saturated rings.